The third-order valence-electron chi connectivity index (χ3n) is 5.77. The second-order valence-electron chi connectivity index (χ2n) is 7.86. The minimum Gasteiger partial charge on any atom is -0.481 e. The third-order valence-corrected chi connectivity index (χ3v) is 5.77. The van der Waals surface area contributed by atoms with Gasteiger partial charge in [0.1, 0.15) is 0 Å². The molecule has 0 aliphatic carbocycles. The van der Waals surface area contributed by atoms with Gasteiger partial charge in [0.05, 0.1) is 5.69 Å². The highest BCUT2D eigenvalue weighted by Crippen LogP contribution is 2.26. The van der Waals surface area contributed by atoms with E-state index in [1.165, 1.54) is 0 Å². The van der Waals surface area contributed by atoms with Crippen molar-refractivity contribution in [1.82, 2.24) is 10.3 Å². The minimum absolute atomic E-state index is 0.0751. The molecule has 0 saturated heterocycles. The number of carbonyl (C=O) groups excluding carboxylic acids is 2. The van der Waals surface area contributed by atoms with Crippen LogP contribution in [0.15, 0.2) is 16.8 Å². The summed E-state index contributed by atoms with van der Waals surface area (Å²) in [7, 11) is 0. The van der Waals surface area contributed by atoms with Crippen molar-refractivity contribution >= 4 is 23.7 Å². The first-order valence-corrected chi connectivity index (χ1v) is 10.4. The standard InChI is InChI=1S/C23H32N2O4/c1-14-16(3)22(20(26)11-9-7-5-6-8-10-12-21(27)28)24-18(14)13-19-15(2)17(4)23(29)25-19/h13,24H,5-12H2,1-4H3,(H,25,29)(H,27,28)/b19-13-. The van der Waals surface area contributed by atoms with Crippen molar-refractivity contribution in [3.8, 4) is 0 Å². The molecule has 1 aliphatic rings. The van der Waals surface area contributed by atoms with Crippen LogP contribution in [0.4, 0.5) is 0 Å². The monoisotopic (exact) mass is 400 g/mol. The Labute approximate surface area is 172 Å². The quantitative estimate of drug-likeness (QED) is 0.366. The van der Waals surface area contributed by atoms with Crippen molar-refractivity contribution in [3.63, 3.8) is 0 Å². The number of unbranched alkanes of at least 4 members (excludes halogenated alkanes) is 5. The number of aliphatic carboxylic acids is 1. The molecule has 1 aromatic heterocycles. The number of carbonyl (C=O) groups is 3. The molecule has 0 fully saturated rings. The van der Waals surface area contributed by atoms with Gasteiger partial charge in [0.15, 0.2) is 5.78 Å². The number of carboxylic acids is 1. The van der Waals surface area contributed by atoms with Crippen LogP contribution < -0.4 is 5.32 Å². The summed E-state index contributed by atoms with van der Waals surface area (Å²) in [5.74, 6) is -0.701. The Bertz CT molecular complexity index is 858. The predicted molar refractivity (Wildman–Crippen MR) is 114 cm³/mol. The number of aromatic nitrogens is 1. The van der Waals surface area contributed by atoms with Crippen LogP contribution in [-0.4, -0.2) is 27.8 Å². The summed E-state index contributed by atoms with van der Waals surface area (Å²) >= 11 is 0. The van der Waals surface area contributed by atoms with Crippen LogP contribution in [-0.2, 0) is 9.59 Å². The van der Waals surface area contributed by atoms with Crippen LogP contribution in [0, 0.1) is 13.8 Å². The maximum absolute atomic E-state index is 12.7. The van der Waals surface area contributed by atoms with Crippen LogP contribution in [0.3, 0.4) is 0 Å². The fourth-order valence-corrected chi connectivity index (χ4v) is 3.50. The Balaban J connectivity index is 1.88. The van der Waals surface area contributed by atoms with E-state index >= 15 is 0 Å². The molecule has 0 radical (unpaired) electrons. The molecule has 3 N–H and O–H groups in total. The maximum atomic E-state index is 12.7. The van der Waals surface area contributed by atoms with Crippen molar-refractivity contribution < 1.29 is 19.5 Å². The first-order chi connectivity index (χ1) is 13.7. The van der Waals surface area contributed by atoms with Gasteiger partial charge in [-0.25, -0.2) is 0 Å². The van der Waals surface area contributed by atoms with Gasteiger partial charge in [-0.2, -0.15) is 0 Å². The van der Waals surface area contributed by atoms with E-state index < -0.39 is 5.97 Å². The van der Waals surface area contributed by atoms with Gasteiger partial charge >= 0.3 is 5.97 Å². The molecule has 0 aromatic carbocycles. The number of hydrogen-bond donors (Lipinski definition) is 3. The highest BCUT2D eigenvalue weighted by molar-refractivity contribution is 6.01. The van der Waals surface area contributed by atoms with Gasteiger partial charge in [-0.05, 0) is 63.3 Å². The van der Waals surface area contributed by atoms with Crippen molar-refractivity contribution in [1.29, 1.82) is 0 Å². The van der Waals surface area contributed by atoms with E-state index in [-0.39, 0.29) is 18.1 Å². The number of H-pyrrole nitrogens is 1. The fourth-order valence-electron chi connectivity index (χ4n) is 3.50. The van der Waals surface area contributed by atoms with E-state index in [4.69, 9.17) is 5.11 Å². The lowest BCUT2D eigenvalue weighted by Gasteiger charge is -2.02. The van der Waals surface area contributed by atoms with Gasteiger partial charge in [0, 0.05) is 29.8 Å². The minimum atomic E-state index is -0.737. The second-order valence-corrected chi connectivity index (χ2v) is 7.86. The van der Waals surface area contributed by atoms with Gasteiger partial charge < -0.3 is 15.4 Å². The molecule has 0 unspecified atom stereocenters. The SMILES string of the molecule is CC1=C(C)/C(=C/c2[nH]c(C(=O)CCCCCCCCC(=O)O)c(C)c2C)NC1=O. The summed E-state index contributed by atoms with van der Waals surface area (Å²) in [6.45, 7) is 7.65. The number of nitrogens with one attached hydrogen (secondary N) is 2. The van der Waals surface area contributed by atoms with Crippen LogP contribution >= 0.6 is 0 Å². The van der Waals surface area contributed by atoms with Gasteiger partial charge in [-0.15, -0.1) is 0 Å². The zero-order chi connectivity index (χ0) is 21.6. The molecular formula is C23H32N2O4. The molecule has 0 spiro atoms. The van der Waals surface area contributed by atoms with Crippen molar-refractivity contribution in [2.75, 3.05) is 0 Å². The number of allylic oxidation sites excluding steroid dienone is 1. The Hall–Kier alpha value is -2.63. The highest BCUT2D eigenvalue weighted by Gasteiger charge is 2.22. The molecule has 6 heteroatoms. The molecule has 1 amide bonds. The average molecular weight is 401 g/mol. The number of ketones is 1. The highest BCUT2D eigenvalue weighted by atomic mass is 16.4. The van der Waals surface area contributed by atoms with Crippen LogP contribution in [0.2, 0.25) is 0 Å². The number of amides is 1. The topological polar surface area (TPSA) is 99.3 Å². The summed E-state index contributed by atoms with van der Waals surface area (Å²) in [6.07, 6.45) is 8.14. The van der Waals surface area contributed by atoms with Crippen LogP contribution in [0.1, 0.15) is 92.5 Å². The summed E-state index contributed by atoms with van der Waals surface area (Å²) in [5, 5.41) is 11.5. The Morgan fingerprint density at radius 1 is 0.862 bits per heavy atom. The fraction of sp³-hybridized carbons (Fsp3) is 0.522. The van der Waals surface area contributed by atoms with Crippen molar-refractivity contribution in [2.45, 2.75) is 79.1 Å². The largest absolute Gasteiger partial charge is 0.481 e. The number of aromatic amines is 1. The molecular weight excluding hydrogens is 368 g/mol. The van der Waals surface area contributed by atoms with E-state index in [2.05, 4.69) is 10.3 Å². The summed E-state index contributed by atoms with van der Waals surface area (Å²) in [6, 6.07) is 0. The Morgan fingerprint density at radius 2 is 1.45 bits per heavy atom. The average Bonchev–Trinajstić information content (AvgIpc) is 3.08. The summed E-state index contributed by atoms with van der Waals surface area (Å²) in [4.78, 5) is 38.2. The number of Topliss-reactive ketones (excluding diaryl/α,β-unsaturated/α-hetero) is 1. The third kappa shape index (κ3) is 5.92. The van der Waals surface area contributed by atoms with E-state index in [0.717, 1.165) is 72.2 Å². The molecule has 2 heterocycles. The van der Waals surface area contributed by atoms with Gasteiger partial charge in [-0.3, -0.25) is 14.4 Å². The van der Waals surface area contributed by atoms with Crippen LogP contribution in [0.5, 0.6) is 0 Å². The van der Waals surface area contributed by atoms with Crippen LogP contribution in [0.25, 0.3) is 6.08 Å². The Morgan fingerprint density at radius 3 is 2.00 bits per heavy atom. The lowest BCUT2D eigenvalue weighted by Crippen LogP contribution is -2.15. The summed E-state index contributed by atoms with van der Waals surface area (Å²) in [5.41, 5.74) is 5.91. The predicted octanol–water partition coefficient (Wildman–Crippen LogP) is 4.83. The molecule has 0 bridgehead atoms. The van der Waals surface area contributed by atoms with Gasteiger partial charge in [-0.1, -0.05) is 25.7 Å². The zero-order valence-corrected chi connectivity index (χ0v) is 17.9. The first-order valence-electron chi connectivity index (χ1n) is 10.4. The van der Waals surface area contributed by atoms with Crippen molar-refractivity contribution in [3.05, 3.63) is 39.4 Å². The smallest absolute Gasteiger partial charge is 0.303 e. The van der Waals surface area contributed by atoms with E-state index in [9.17, 15) is 14.4 Å². The van der Waals surface area contributed by atoms with Crippen molar-refractivity contribution in [2.24, 2.45) is 0 Å². The Kier molecular flexibility index (Phi) is 8.00. The molecule has 29 heavy (non-hydrogen) atoms. The lowest BCUT2D eigenvalue weighted by molar-refractivity contribution is -0.137. The van der Waals surface area contributed by atoms with Gasteiger partial charge in [0.2, 0.25) is 0 Å². The maximum Gasteiger partial charge on any atom is 0.303 e. The first kappa shape index (κ1) is 22.7. The molecule has 2 rings (SSSR count). The molecule has 1 aliphatic heterocycles. The molecule has 158 valence electrons. The molecule has 0 atom stereocenters. The number of hydrogen-bond acceptors (Lipinski definition) is 3. The number of rotatable bonds is 11. The normalized spacial score (nSPS) is 15.3. The summed E-state index contributed by atoms with van der Waals surface area (Å²) < 4.78 is 0. The number of carboxylic acid groups (broad SMARTS) is 1. The molecule has 6 nitrogen and oxygen atoms in total. The lowest BCUT2D eigenvalue weighted by atomic mass is 10.0. The molecule has 1 aromatic rings. The molecule has 0 saturated carbocycles. The van der Waals surface area contributed by atoms with Gasteiger partial charge in [0.25, 0.3) is 5.91 Å². The van der Waals surface area contributed by atoms with E-state index in [0.29, 0.717) is 12.1 Å². The van der Waals surface area contributed by atoms with E-state index in [1.807, 2.05) is 26.8 Å². The van der Waals surface area contributed by atoms with E-state index in [1.54, 1.807) is 6.92 Å². The second kappa shape index (κ2) is 10.2. The zero-order valence-electron chi connectivity index (χ0n) is 17.9.